The largest absolute Gasteiger partial charge is 0.353 e. The molecule has 0 bridgehead atoms. The molecule has 1 aliphatic heterocycles. The Kier molecular flexibility index (Phi) is 4.43. The van der Waals surface area contributed by atoms with Crippen molar-refractivity contribution in [3.8, 4) is 0 Å². The zero-order valence-corrected chi connectivity index (χ0v) is 14.8. The van der Waals surface area contributed by atoms with Crippen molar-refractivity contribution >= 4 is 27.7 Å². The maximum atomic E-state index is 12.7. The Hall–Kier alpha value is -2.36. The van der Waals surface area contributed by atoms with Gasteiger partial charge in [-0.15, -0.1) is 0 Å². The second-order valence-electron chi connectivity index (χ2n) is 7.04. The quantitative estimate of drug-likeness (QED) is 0.766. The van der Waals surface area contributed by atoms with E-state index in [1.54, 1.807) is 0 Å². The van der Waals surface area contributed by atoms with Crippen LogP contribution >= 0.6 is 0 Å². The molecule has 1 N–H and O–H groups in total. The normalized spacial score (nSPS) is 18.1. The van der Waals surface area contributed by atoms with Crippen LogP contribution in [0.15, 0.2) is 36.5 Å². The first-order chi connectivity index (χ1) is 12.3. The molecule has 25 heavy (non-hydrogen) atoms. The molecule has 1 unspecified atom stereocenters. The summed E-state index contributed by atoms with van der Waals surface area (Å²) in [5.41, 5.74) is 3.18. The number of aromatic nitrogens is 2. The third kappa shape index (κ3) is 3.13. The van der Waals surface area contributed by atoms with Crippen LogP contribution in [0, 0.1) is 0 Å². The number of piperidine rings is 1. The van der Waals surface area contributed by atoms with Crippen LogP contribution in [0.5, 0.6) is 0 Å². The summed E-state index contributed by atoms with van der Waals surface area (Å²) in [4.78, 5) is 22.7. The topological polar surface area (TPSA) is 49.0 Å². The average Bonchev–Trinajstić information content (AvgIpc) is 3.04. The fourth-order valence-electron chi connectivity index (χ4n) is 4.06. The summed E-state index contributed by atoms with van der Waals surface area (Å²) in [6, 6.07) is 10.9. The lowest BCUT2D eigenvalue weighted by atomic mass is 9.99. The van der Waals surface area contributed by atoms with Crippen LogP contribution in [0.4, 0.5) is 0 Å². The van der Waals surface area contributed by atoms with E-state index >= 15 is 0 Å². The van der Waals surface area contributed by atoms with E-state index in [0.29, 0.717) is 18.9 Å². The van der Waals surface area contributed by atoms with E-state index in [4.69, 9.17) is 0 Å². The van der Waals surface area contributed by atoms with Gasteiger partial charge in [0.05, 0.1) is 11.7 Å². The molecule has 0 aliphatic carbocycles. The minimum atomic E-state index is 0.285. The monoisotopic (exact) mass is 335 g/mol. The Morgan fingerprint density at radius 1 is 1.24 bits per heavy atom. The van der Waals surface area contributed by atoms with Crippen molar-refractivity contribution in [3.63, 3.8) is 0 Å². The Morgan fingerprint density at radius 3 is 3.00 bits per heavy atom. The standard InChI is InChI=1S/C21H25N3O/c1-2-16-7-5-6-12-24(16)21(25)11-10-15-13-18-17-8-3-4-9-19(17)23-20(18)14-22-15/h3-4,8-9,13-14,16,23H,2,5-7,10-12H2,1H3. The molecular weight excluding hydrogens is 310 g/mol. The van der Waals surface area contributed by atoms with Crippen LogP contribution in [0.2, 0.25) is 0 Å². The Labute approximate surface area is 148 Å². The Bertz CT molecular complexity index is 898. The molecule has 3 heterocycles. The number of nitrogens with zero attached hydrogens (tertiary/aromatic N) is 2. The number of amides is 1. The number of carbonyl (C=O) groups is 1. The fraction of sp³-hybridized carbons (Fsp3) is 0.429. The lowest BCUT2D eigenvalue weighted by Gasteiger charge is -2.35. The molecule has 1 amide bonds. The van der Waals surface area contributed by atoms with Gasteiger partial charge < -0.3 is 9.88 Å². The molecule has 4 nitrogen and oxygen atoms in total. The van der Waals surface area contributed by atoms with Gasteiger partial charge in [-0.3, -0.25) is 9.78 Å². The van der Waals surface area contributed by atoms with E-state index in [9.17, 15) is 4.79 Å². The van der Waals surface area contributed by atoms with E-state index in [1.165, 1.54) is 17.2 Å². The van der Waals surface area contributed by atoms with Crippen LogP contribution in [0.25, 0.3) is 21.8 Å². The molecule has 1 aromatic carbocycles. The molecule has 1 saturated heterocycles. The number of benzene rings is 1. The van der Waals surface area contributed by atoms with Gasteiger partial charge in [-0.1, -0.05) is 25.1 Å². The summed E-state index contributed by atoms with van der Waals surface area (Å²) in [5.74, 6) is 0.285. The first-order valence-corrected chi connectivity index (χ1v) is 9.41. The van der Waals surface area contributed by atoms with Crippen LogP contribution in [-0.4, -0.2) is 33.4 Å². The maximum Gasteiger partial charge on any atom is 0.223 e. The highest BCUT2D eigenvalue weighted by Crippen LogP contribution is 2.26. The molecule has 1 atom stereocenters. The van der Waals surface area contributed by atoms with E-state index in [2.05, 4.69) is 46.1 Å². The minimum Gasteiger partial charge on any atom is -0.353 e. The molecule has 0 spiro atoms. The van der Waals surface area contributed by atoms with Crippen molar-refractivity contribution in [2.45, 2.75) is 51.5 Å². The van der Waals surface area contributed by atoms with Crippen molar-refractivity contribution < 1.29 is 4.79 Å². The third-order valence-corrected chi connectivity index (χ3v) is 5.46. The summed E-state index contributed by atoms with van der Waals surface area (Å²) in [6.07, 6.45) is 7.76. The van der Waals surface area contributed by atoms with Gasteiger partial charge in [-0.25, -0.2) is 0 Å². The number of rotatable bonds is 4. The first kappa shape index (κ1) is 16.1. The van der Waals surface area contributed by atoms with Gasteiger partial charge in [0.2, 0.25) is 5.91 Å². The molecule has 4 heteroatoms. The number of H-pyrrole nitrogens is 1. The molecule has 1 fully saturated rings. The van der Waals surface area contributed by atoms with Crippen LogP contribution in [0.3, 0.4) is 0 Å². The van der Waals surface area contributed by atoms with Crippen molar-refractivity contribution in [1.29, 1.82) is 0 Å². The maximum absolute atomic E-state index is 12.7. The van der Waals surface area contributed by atoms with Gasteiger partial charge in [0.25, 0.3) is 0 Å². The molecule has 3 aromatic rings. The molecular formula is C21H25N3O. The summed E-state index contributed by atoms with van der Waals surface area (Å²) >= 11 is 0. The predicted octanol–water partition coefficient (Wildman–Crippen LogP) is 4.44. The third-order valence-electron chi connectivity index (χ3n) is 5.46. The van der Waals surface area contributed by atoms with Gasteiger partial charge in [0, 0.05) is 41.0 Å². The molecule has 1 aliphatic rings. The number of likely N-dealkylation sites (tertiary alicyclic amines) is 1. The highest BCUT2D eigenvalue weighted by Gasteiger charge is 2.24. The van der Waals surface area contributed by atoms with Gasteiger partial charge >= 0.3 is 0 Å². The number of pyridine rings is 1. The first-order valence-electron chi connectivity index (χ1n) is 9.41. The second kappa shape index (κ2) is 6.87. The van der Waals surface area contributed by atoms with E-state index in [0.717, 1.165) is 42.5 Å². The summed E-state index contributed by atoms with van der Waals surface area (Å²) < 4.78 is 0. The van der Waals surface area contributed by atoms with Gasteiger partial charge in [0.1, 0.15) is 0 Å². The predicted molar refractivity (Wildman–Crippen MR) is 102 cm³/mol. The second-order valence-corrected chi connectivity index (χ2v) is 7.04. The van der Waals surface area contributed by atoms with Gasteiger partial charge in [-0.2, -0.15) is 0 Å². The highest BCUT2D eigenvalue weighted by molar-refractivity contribution is 6.06. The number of aromatic amines is 1. The number of hydrogen-bond donors (Lipinski definition) is 1. The SMILES string of the molecule is CCC1CCCCN1C(=O)CCc1cc2c(cn1)[nH]c1ccccc12. The number of nitrogens with one attached hydrogen (secondary N) is 1. The molecule has 0 radical (unpaired) electrons. The molecule has 2 aromatic heterocycles. The van der Waals surface area contributed by atoms with Crippen molar-refractivity contribution in [1.82, 2.24) is 14.9 Å². The number of aryl methyl sites for hydroxylation is 1. The lowest BCUT2D eigenvalue weighted by Crippen LogP contribution is -2.43. The number of hydrogen-bond acceptors (Lipinski definition) is 2. The Morgan fingerprint density at radius 2 is 2.12 bits per heavy atom. The number of carbonyl (C=O) groups excluding carboxylic acids is 1. The van der Waals surface area contributed by atoms with Crippen molar-refractivity contribution in [3.05, 3.63) is 42.2 Å². The van der Waals surface area contributed by atoms with Crippen molar-refractivity contribution in [2.24, 2.45) is 0 Å². The summed E-state index contributed by atoms with van der Waals surface area (Å²) in [5, 5.41) is 2.41. The molecule has 130 valence electrons. The average molecular weight is 335 g/mol. The smallest absolute Gasteiger partial charge is 0.223 e. The van der Waals surface area contributed by atoms with E-state index < -0.39 is 0 Å². The summed E-state index contributed by atoms with van der Waals surface area (Å²) in [6.45, 7) is 3.11. The van der Waals surface area contributed by atoms with Crippen molar-refractivity contribution in [2.75, 3.05) is 6.54 Å². The van der Waals surface area contributed by atoms with E-state index in [1.807, 2.05) is 12.3 Å². The summed E-state index contributed by atoms with van der Waals surface area (Å²) in [7, 11) is 0. The zero-order valence-electron chi connectivity index (χ0n) is 14.8. The number of fused-ring (bicyclic) bond motifs is 3. The highest BCUT2D eigenvalue weighted by atomic mass is 16.2. The van der Waals surface area contributed by atoms with Crippen LogP contribution in [0.1, 0.15) is 44.7 Å². The van der Waals surface area contributed by atoms with Gasteiger partial charge in [-0.05, 0) is 44.2 Å². The Balaban J connectivity index is 1.50. The zero-order chi connectivity index (χ0) is 17.2. The minimum absolute atomic E-state index is 0.285. The fourth-order valence-corrected chi connectivity index (χ4v) is 4.06. The van der Waals surface area contributed by atoms with E-state index in [-0.39, 0.29) is 5.91 Å². The number of para-hydroxylation sites is 1. The lowest BCUT2D eigenvalue weighted by molar-refractivity contribution is -0.134. The molecule has 4 rings (SSSR count). The van der Waals surface area contributed by atoms with Crippen LogP contribution < -0.4 is 0 Å². The van der Waals surface area contributed by atoms with Crippen LogP contribution in [-0.2, 0) is 11.2 Å². The molecule has 0 saturated carbocycles. The van der Waals surface area contributed by atoms with Gasteiger partial charge in [0.15, 0.2) is 0 Å².